The molecule has 0 aromatic carbocycles. The Morgan fingerprint density at radius 2 is 2.09 bits per heavy atom. The number of hydrogen-bond donors (Lipinski definition) is 1. The van der Waals surface area contributed by atoms with Gasteiger partial charge in [0.15, 0.2) is 0 Å². The molecule has 1 aromatic heterocycles. The van der Waals surface area contributed by atoms with E-state index in [1.165, 1.54) is 19.3 Å². The molecule has 2 aliphatic rings. The van der Waals surface area contributed by atoms with Crippen molar-refractivity contribution >= 4 is 11.7 Å². The van der Waals surface area contributed by atoms with Gasteiger partial charge in [-0.15, -0.1) is 0 Å². The lowest BCUT2D eigenvalue weighted by atomic mass is 9.85. The minimum absolute atomic E-state index is 0.159. The second-order valence-corrected chi connectivity index (χ2v) is 6.07. The summed E-state index contributed by atoms with van der Waals surface area (Å²) in [7, 11) is 0. The topological polar surface area (TPSA) is 67.3 Å². The molecule has 0 spiro atoms. The Labute approximate surface area is 131 Å². The van der Waals surface area contributed by atoms with Crippen LogP contribution in [0.4, 0.5) is 5.82 Å². The summed E-state index contributed by atoms with van der Waals surface area (Å²) in [6.45, 7) is 4.94. The molecule has 6 nitrogen and oxygen atoms in total. The van der Waals surface area contributed by atoms with E-state index in [0.717, 1.165) is 37.6 Å². The molecule has 120 valence electrons. The summed E-state index contributed by atoms with van der Waals surface area (Å²) in [5, 5.41) is 2.92. The van der Waals surface area contributed by atoms with Gasteiger partial charge in [0.2, 0.25) is 11.8 Å². The van der Waals surface area contributed by atoms with E-state index in [-0.39, 0.29) is 11.8 Å². The van der Waals surface area contributed by atoms with E-state index in [2.05, 4.69) is 20.2 Å². The molecule has 1 aromatic rings. The third-order valence-electron chi connectivity index (χ3n) is 4.36. The van der Waals surface area contributed by atoms with E-state index in [4.69, 9.17) is 4.74 Å². The molecule has 22 heavy (non-hydrogen) atoms. The highest BCUT2D eigenvalue weighted by Crippen LogP contribution is 2.26. The van der Waals surface area contributed by atoms with Gasteiger partial charge in [0.25, 0.3) is 0 Å². The van der Waals surface area contributed by atoms with Gasteiger partial charge < -0.3 is 15.0 Å². The van der Waals surface area contributed by atoms with Crippen molar-refractivity contribution in [2.24, 2.45) is 5.92 Å². The highest BCUT2D eigenvalue weighted by molar-refractivity contribution is 5.79. The summed E-state index contributed by atoms with van der Waals surface area (Å²) in [5.41, 5.74) is 0. The van der Waals surface area contributed by atoms with Gasteiger partial charge in [0.05, 0.1) is 6.54 Å². The summed E-state index contributed by atoms with van der Waals surface area (Å²) >= 11 is 0. The van der Waals surface area contributed by atoms with Gasteiger partial charge in [0.1, 0.15) is 18.2 Å². The first-order valence-electron chi connectivity index (χ1n) is 8.23. The Bertz CT molecular complexity index is 525. The first-order chi connectivity index (χ1) is 10.7. The molecule has 1 saturated heterocycles. The number of aromatic nitrogens is 2. The molecule has 1 saturated carbocycles. The van der Waals surface area contributed by atoms with Crippen LogP contribution in [-0.2, 0) is 4.79 Å². The number of ether oxygens (including phenoxy) is 1. The predicted molar refractivity (Wildman–Crippen MR) is 84.1 cm³/mol. The molecular formula is C16H24N4O2. The van der Waals surface area contributed by atoms with Crippen molar-refractivity contribution in [1.29, 1.82) is 0 Å². The third-order valence-corrected chi connectivity index (χ3v) is 4.36. The number of hydrogen-bond acceptors (Lipinski definition) is 5. The summed E-state index contributed by atoms with van der Waals surface area (Å²) in [5.74, 6) is 2.64. The molecule has 1 amide bonds. The number of nitrogens with zero attached hydrogens (tertiary/aromatic N) is 3. The normalized spacial score (nSPS) is 18.1. The van der Waals surface area contributed by atoms with Crippen molar-refractivity contribution in [3.63, 3.8) is 0 Å². The maximum Gasteiger partial charge on any atom is 0.223 e. The van der Waals surface area contributed by atoms with Crippen LogP contribution in [0.25, 0.3) is 0 Å². The smallest absolute Gasteiger partial charge is 0.223 e. The van der Waals surface area contributed by atoms with Gasteiger partial charge in [-0.3, -0.25) is 4.79 Å². The van der Waals surface area contributed by atoms with Crippen molar-refractivity contribution in [2.75, 3.05) is 31.1 Å². The molecule has 0 radical (unpaired) electrons. The molecule has 0 atom stereocenters. The molecule has 6 heteroatoms. The van der Waals surface area contributed by atoms with Crippen LogP contribution in [0.15, 0.2) is 6.07 Å². The van der Waals surface area contributed by atoms with Crippen LogP contribution in [0.5, 0.6) is 5.88 Å². The SMILES string of the molecule is Cc1nc(OCCNC(=O)C2CCC2)cc(N2CCCC2)n1. The van der Waals surface area contributed by atoms with Crippen molar-refractivity contribution < 1.29 is 9.53 Å². The summed E-state index contributed by atoms with van der Waals surface area (Å²) in [4.78, 5) is 22.8. The van der Waals surface area contributed by atoms with Crippen LogP contribution in [0.1, 0.15) is 37.9 Å². The number of nitrogens with one attached hydrogen (secondary N) is 1. The summed E-state index contributed by atoms with van der Waals surface area (Å²) in [6.07, 6.45) is 5.65. The maximum atomic E-state index is 11.7. The van der Waals surface area contributed by atoms with Gasteiger partial charge >= 0.3 is 0 Å². The Balaban J connectivity index is 1.48. The van der Waals surface area contributed by atoms with E-state index >= 15 is 0 Å². The molecule has 0 unspecified atom stereocenters. The Morgan fingerprint density at radius 3 is 2.77 bits per heavy atom. The Hall–Kier alpha value is -1.85. The largest absolute Gasteiger partial charge is 0.476 e. The maximum absolute atomic E-state index is 11.7. The number of aryl methyl sites for hydroxylation is 1. The van der Waals surface area contributed by atoms with E-state index in [9.17, 15) is 4.79 Å². The van der Waals surface area contributed by atoms with Crippen molar-refractivity contribution in [2.45, 2.75) is 39.0 Å². The zero-order valence-corrected chi connectivity index (χ0v) is 13.2. The fourth-order valence-corrected chi connectivity index (χ4v) is 2.85. The quantitative estimate of drug-likeness (QED) is 0.810. The highest BCUT2D eigenvalue weighted by atomic mass is 16.5. The fourth-order valence-electron chi connectivity index (χ4n) is 2.85. The fraction of sp³-hybridized carbons (Fsp3) is 0.688. The molecular weight excluding hydrogens is 280 g/mol. The lowest BCUT2D eigenvalue weighted by molar-refractivity contribution is -0.127. The minimum Gasteiger partial charge on any atom is -0.476 e. The van der Waals surface area contributed by atoms with Crippen LogP contribution in [-0.4, -0.2) is 42.1 Å². The lowest BCUT2D eigenvalue weighted by Crippen LogP contribution is -2.36. The first kappa shape index (κ1) is 15.1. The van der Waals surface area contributed by atoms with Gasteiger partial charge in [-0.25, -0.2) is 4.98 Å². The van der Waals surface area contributed by atoms with Gasteiger partial charge in [-0.1, -0.05) is 6.42 Å². The molecule has 3 rings (SSSR count). The molecule has 2 heterocycles. The number of anilines is 1. The first-order valence-corrected chi connectivity index (χ1v) is 8.23. The van der Waals surface area contributed by atoms with Gasteiger partial charge in [0, 0.05) is 25.1 Å². The zero-order valence-electron chi connectivity index (χ0n) is 13.2. The number of carbonyl (C=O) groups excluding carboxylic acids is 1. The minimum atomic E-state index is 0.159. The van der Waals surface area contributed by atoms with E-state index in [0.29, 0.717) is 19.0 Å². The van der Waals surface area contributed by atoms with Crippen molar-refractivity contribution in [1.82, 2.24) is 15.3 Å². The van der Waals surface area contributed by atoms with Gasteiger partial charge in [-0.2, -0.15) is 4.98 Å². The van der Waals surface area contributed by atoms with Crippen LogP contribution in [0, 0.1) is 12.8 Å². The van der Waals surface area contributed by atoms with E-state index in [1.807, 2.05) is 13.0 Å². The number of carbonyl (C=O) groups is 1. The monoisotopic (exact) mass is 304 g/mol. The lowest BCUT2D eigenvalue weighted by Gasteiger charge is -2.24. The van der Waals surface area contributed by atoms with E-state index < -0.39 is 0 Å². The second kappa shape index (κ2) is 6.94. The summed E-state index contributed by atoms with van der Waals surface area (Å²) in [6, 6.07) is 1.89. The van der Waals surface area contributed by atoms with E-state index in [1.54, 1.807) is 0 Å². The molecule has 1 aliphatic heterocycles. The third kappa shape index (κ3) is 3.67. The van der Waals surface area contributed by atoms with Crippen LogP contribution < -0.4 is 15.0 Å². The number of amides is 1. The molecule has 0 bridgehead atoms. The number of rotatable bonds is 6. The van der Waals surface area contributed by atoms with Crippen molar-refractivity contribution in [3.05, 3.63) is 11.9 Å². The average Bonchev–Trinajstić information content (AvgIpc) is 2.95. The highest BCUT2D eigenvalue weighted by Gasteiger charge is 2.24. The van der Waals surface area contributed by atoms with Crippen LogP contribution >= 0.6 is 0 Å². The summed E-state index contributed by atoms with van der Waals surface area (Å²) < 4.78 is 5.68. The second-order valence-electron chi connectivity index (χ2n) is 6.07. The molecule has 1 N–H and O–H groups in total. The molecule has 2 fully saturated rings. The van der Waals surface area contributed by atoms with Gasteiger partial charge in [-0.05, 0) is 32.6 Å². The predicted octanol–water partition coefficient (Wildman–Crippen LogP) is 1.68. The zero-order chi connectivity index (χ0) is 15.4. The van der Waals surface area contributed by atoms with Crippen LogP contribution in [0.2, 0.25) is 0 Å². The average molecular weight is 304 g/mol. The Kier molecular flexibility index (Phi) is 4.75. The Morgan fingerprint density at radius 1 is 1.32 bits per heavy atom. The van der Waals surface area contributed by atoms with Crippen molar-refractivity contribution in [3.8, 4) is 5.88 Å². The standard InChI is InChI=1S/C16H24N4O2/c1-12-18-14(20-8-2-3-9-20)11-15(19-12)22-10-7-17-16(21)13-5-4-6-13/h11,13H,2-10H2,1H3,(H,17,21). The molecule has 1 aliphatic carbocycles. The van der Waals surface area contributed by atoms with Crippen LogP contribution in [0.3, 0.4) is 0 Å².